The molecule has 0 saturated carbocycles. The molecule has 0 radical (unpaired) electrons. The van der Waals surface area contributed by atoms with E-state index in [1.165, 1.54) is 6.07 Å². The maximum Gasteiger partial charge on any atom is 0.345 e. The molecule has 2 aromatic rings. The van der Waals surface area contributed by atoms with E-state index in [9.17, 15) is 4.79 Å². The van der Waals surface area contributed by atoms with E-state index in [1.807, 2.05) is 0 Å². The highest BCUT2D eigenvalue weighted by Crippen LogP contribution is 2.28. The van der Waals surface area contributed by atoms with Gasteiger partial charge in [0.1, 0.15) is 4.88 Å². The maximum atomic E-state index is 10.6. The second kappa shape index (κ2) is 2.70. The van der Waals surface area contributed by atoms with Crippen molar-refractivity contribution < 1.29 is 9.90 Å². The van der Waals surface area contributed by atoms with Crippen molar-refractivity contribution in [2.75, 3.05) is 5.73 Å². The molecule has 0 atom stereocenters. The summed E-state index contributed by atoms with van der Waals surface area (Å²) in [5, 5.41) is 8.72. The molecular formula is C8H6N2O2S. The summed E-state index contributed by atoms with van der Waals surface area (Å²) in [6, 6.07) is 3.18. The zero-order valence-corrected chi connectivity index (χ0v) is 7.34. The number of carbonyl (C=O) groups is 1. The van der Waals surface area contributed by atoms with Crippen molar-refractivity contribution in [1.29, 1.82) is 0 Å². The van der Waals surface area contributed by atoms with Crippen LogP contribution in [0.5, 0.6) is 0 Å². The molecule has 66 valence electrons. The Morgan fingerprint density at radius 2 is 2.38 bits per heavy atom. The number of aromatic nitrogens is 1. The number of anilines is 1. The van der Waals surface area contributed by atoms with Gasteiger partial charge in [-0.3, -0.25) is 4.98 Å². The third-order valence-corrected chi connectivity index (χ3v) is 2.81. The van der Waals surface area contributed by atoms with Gasteiger partial charge in [0, 0.05) is 6.20 Å². The fourth-order valence-electron chi connectivity index (χ4n) is 1.06. The van der Waals surface area contributed by atoms with Crippen LogP contribution in [0.1, 0.15) is 9.67 Å². The number of rotatable bonds is 1. The Bertz CT molecular complexity index is 478. The highest BCUT2D eigenvalue weighted by atomic mass is 32.1. The molecule has 5 heteroatoms. The average Bonchev–Trinajstić information content (AvgIpc) is 2.49. The predicted octanol–water partition coefficient (Wildman–Crippen LogP) is 1.58. The predicted molar refractivity (Wildman–Crippen MR) is 51.0 cm³/mol. The second-order valence-corrected chi connectivity index (χ2v) is 3.58. The zero-order chi connectivity index (χ0) is 9.42. The van der Waals surface area contributed by atoms with Crippen LogP contribution in [0, 0.1) is 0 Å². The second-order valence-electron chi connectivity index (χ2n) is 2.53. The van der Waals surface area contributed by atoms with Gasteiger partial charge in [0.15, 0.2) is 0 Å². The van der Waals surface area contributed by atoms with E-state index in [4.69, 9.17) is 10.8 Å². The molecule has 2 aromatic heterocycles. The van der Waals surface area contributed by atoms with E-state index < -0.39 is 5.97 Å². The van der Waals surface area contributed by atoms with Crippen molar-refractivity contribution in [1.82, 2.24) is 4.98 Å². The molecule has 4 nitrogen and oxygen atoms in total. The molecule has 2 heterocycles. The van der Waals surface area contributed by atoms with Gasteiger partial charge >= 0.3 is 5.97 Å². The monoisotopic (exact) mass is 194 g/mol. The normalized spacial score (nSPS) is 10.5. The van der Waals surface area contributed by atoms with Gasteiger partial charge in [0.2, 0.25) is 0 Å². The van der Waals surface area contributed by atoms with Crippen molar-refractivity contribution in [2.24, 2.45) is 0 Å². The lowest BCUT2D eigenvalue weighted by Gasteiger charge is -1.91. The Hall–Kier alpha value is -1.62. The first-order valence-corrected chi connectivity index (χ1v) is 4.37. The van der Waals surface area contributed by atoms with Crippen molar-refractivity contribution in [2.45, 2.75) is 0 Å². The SMILES string of the molecule is Nc1ccnc2cc(C(=O)O)sc12. The molecule has 0 aliphatic heterocycles. The molecule has 0 aliphatic carbocycles. The highest BCUT2D eigenvalue weighted by Gasteiger charge is 2.10. The number of nitrogens with zero attached hydrogens (tertiary/aromatic N) is 1. The molecule has 3 N–H and O–H groups in total. The molecule has 0 unspecified atom stereocenters. The van der Waals surface area contributed by atoms with Gasteiger partial charge < -0.3 is 10.8 Å². The van der Waals surface area contributed by atoms with Crippen molar-refractivity contribution >= 4 is 33.2 Å². The first-order chi connectivity index (χ1) is 6.18. The number of thiophene rings is 1. The van der Waals surface area contributed by atoms with E-state index in [2.05, 4.69) is 4.98 Å². The molecule has 2 rings (SSSR count). The summed E-state index contributed by atoms with van der Waals surface area (Å²) in [5.41, 5.74) is 6.86. The van der Waals surface area contributed by atoms with Crippen LogP contribution >= 0.6 is 11.3 Å². The largest absolute Gasteiger partial charge is 0.477 e. The first-order valence-electron chi connectivity index (χ1n) is 3.56. The maximum absolute atomic E-state index is 10.6. The molecule has 0 aromatic carbocycles. The third-order valence-electron chi connectivity index (χ3n) is 1.65. The van der Waals surface area contributed by atoms with E-state index in [-0.39, 0.29) is 4.88 Å². The number of carboxylic acids is 1. The van der Waals surface area contributed by atoms with E-state index in [1.54, 1.807) is 12.3 Å². The molecular weight excluding hydrogens is 188 g/mol. The van der Waals surface area contributed by atoms with Crippen molar-refractivity contribution in [3.63, 3.8) is 0 Å². The van der Waals surface area contributed by atoms with Crippen LogP contribution in [-0.2, 0) is 0 Å². The van der Waals surface area contributed by atoms with Crippen LogP contribution in [0.4, 0.5) is 5.69 Å². The Morgan fingerprint density at radius 3 is 3.00 bits per heavy atom. The van der Waals surface area contributed by atoms with Crippen molar-refractivity contribution in [3.05, 3.63) is 23.2 Å². The number of aromatic carboxylic acids is 1. The summed E-state index contributed by atoms with van der Waals surface area (Å²) in [6.45, 7) is 0. The van der Waals surface area contributed by atoms with Gasteiger partial charge in [-0.05, 0) is 12.1 Å². The van der Waals surface area contributed by atoms with Gasteiger partial charge in [-0.25, -0.2) is 4.79 Å². The number of nitrogen functional groups attached to an aromatic ring is 1. The van der Waals surface area contributed by atoms with Crippen LogP contribution < -0.4 is 5.73 Å². The molecule has 0 saturated heterocycles. The van der Waals surface area contributed by atoms with E-state index in [0.717, 1.165) is 16.0 Å². The van der Waals surface area contributed by atoms with Gasteiger partial charge in [-0.1, -0.05) is 0 Å². The number of hydrogen-bond acceptors (Lipinski definition) is 4. The summed E-state index contributed by atoms with van der Waals surface area (Å²) in [7, 11) is 0. The summed E-state index contributed by atoms with van der Waals surface area (Å²) >= 11 is 1.14. The van der Waals surface area contributed by atoms with E-state index in [0.29, 0.717) is 11.2 Å². The van der Waals surface area contributed by atoms with Gasteiger partial charge in [-0.2, -0.15) is 0 Å². The van der Waals surface area contributed by atoms with Crippen LogP contribution in [0.2, 0.25) is 0 Å². The fourth-order valence-corrected chi connectivity index (χ4v) is 1.94. The highest BCUT2D eigenvalue weighted by molar-refractivity contribution is 7.21. The van der Waals surface area contributed by atoms with Crippen LogP contribution in [-0.4, -0.2) is 16.1 Å². The lowest BCUT2D eigenvalue weighted by molar-refractivity contribution is 0.0702. The average molecular weight is 194 g/mol. The Morgan fingerprint density at radius 1 is 1.62 bits per heavy atom. The lowest BCUT2D eigenvalue weighted by Crippen LogP contribution is -1.89. The summed E-state index contributed by atoms with van der Waals surface area (Å²) in [4.78, 5) is 14.9. The number of nitrogens with two attached hydrogens (primary N) is 1. The summed E-state index contributed by atoms with van der Waals surface area (Å²) in [5.74, 6) is -0.942. The van der Waals surface area contributed by atoms with Crippen LogP contribution in [0.25, 0.3) is 10.2 Å². The van der Waals surface area contributed by atoms with E-state index >= 15 is 0 Å². The summed E-state index contributed by atoms with van der Waals surface area (Å²) < 4.78 is 0.736. The number of pyridine rings is 1. The Balaban J connectivity index is 2.75. The third kappa shape index (κ3) is 1.23. The van der Waals surface area contributed by atoms with Crippen molar-refractivity contribution in [3.8, 4) is 0 Å². The Kier molecular flexibility index (Phi) is 1.66. The molecule has 0 fully saturated rings. The minimum atomic E-state index is -0.942. The lowest BCUT2D eigenvalue weighted by atomic mass is 10.3. The minimum Gasteiger partial charge on any atom is -0.477 e. The van der Waals surface area contributed by atoms with Gasteiger partial charge in [-0.15, -0.1) is 11.3 Å². The van der Waals surface area contributed by atoms with Gasteiger partial charge in [0.05, 0.1) is 15.9 Å². The fraction of sp³-hybridized carbons (Fsp3) is 0. The van der Waals surface area contributed by atoms with Crippen LogP contribution in [0.3, 0.4) is 0 Å². The number of carboxylic acid groups (broad SMARTS) is 1. The smallest absolute Gasteiger partial charge is 0.345 e. The van der Waals surface area contributed by atoms with Gasteiger partial charge in [0.25, 0.3) is 0 Å². The van der Waals surface area contributed by atoms with Crippen LogP contribution in [0.15, 0.2) is 18.3 Å². The molecule has 0 amide bonds. The molecule has 13 heavy (non-hydrogen) atoms. The molecule has 0 bridgehead atoms. The summed E-state index contributed by atoms with van der Waals surface area (Å²) in [6.07, 6.45) is 1.57. The Labute approximate surface area is 77.6 Å². The number of fused-ring (bicyclic) bond motifs is 1. The standard InChI is InChI=1S/C8H6N2O2S/c9-4-1-2-10-5-3-6(8(11)12)13-7(4)5/h1-3H,(H2,9,10)(H,11,12). The molecule has 0 aliphatic rings. The minimum absolute atomic E-state index is 0.264. The quantitative estimate of drug-likeness (QED) is 0.722. The first kappa shape index (κ1) is 8.00. The number of hydrogen-bond donors (Lipinski definition) is 2. The topological polar surface area (TPSA) is 76.2 Å². The molecule has 0 spiro atoms. The zero-order valence-electron chi connectivity index (χ0n) is 6.52.